The van der Waals surface area contributed by atoms with Crippen molar-refractivity contribution in [2.75, 3.05) is 0 Å². The van der Waals surface area contributed by atoms with Crippen LogP contribution in [-0.4, -0.2) is 15.3 Å². The molecule has 4 rings (SSSR count). The lowest BCUT2D eigenvalue weighted by molar-refractivity contribution is -0.384. The molecule has 2 aromatic rings. The summed E-state index contributed by atoms with van der Waals surface area (Å²) in [4.78, 5) is 36.9. The monoisotopic (exact) mass is 366 g/mol. The lowest BCUT2D eigenvalue weighted by Crippen LogP contribution is -2.39. The maximum Gasteiger partial charge on any atom is 0.277 e. The first kappa shape index (κ1) is 17.6. The average molecular weight is 366 g/mol. The van der Waals surface area contributed by atoms with Crippen molar-refractivity contribution in [2.24, 2.45) is 0 Å². The van der Waals surface area contributed by atoms with E-state index in [2.05, 4.69) is 6.92 Å². The van der Waals surface area contributed by atoms with Crippen molar-refractivity contribution in [3.8, 4) is 11.1 Å². The minimum atomic E-state index is -0.439. The number of nitro benzene ring substituents is 1. The Morgan fingerprint density at radius 2 is 2.04 bits per heavy atom. The lowest BCUT2D eigenvalue weighted by Gasteiger charge is -2.36. The Kier molecular flexibility index (Phi) is 4.02. The number of Topliss-reactive ketones (excluding diaryl/α,β-unsaturated/α-hetero) is 1. The molecule has 0 saturated heterocycles. The minimum absolute atomic E-state index is 0.0552. The summed E-state index contributed by atoms with van der Waals surface area (Å²) >= 11 is 0. The van der Waals surface area contributed by atoms with Crippen molar-refractivity contribution in [3.05, 3.63) is 61.6 Å². The van der Waals surface area contributed by atoms with Gasteiger partial charge in [-0.1, -0.05) is 19.1 Å². The Morgan fingerprint density at radius 3 is 2.70 bits per heavy atom. The van der Waals surface area contributed by atoms with E-state index in [1.807, 2.05) is 0 Å². The number of hydrogen-bond donors (Lipinski definition) is 0. The third kappa shape index (κ3) is 2.39. The zero-order valence-electron chi connectivity index (χ0n) is 15.6. The Labute approximate surface area is 157 Å². The third-order valence-electron chi connectivity index (χ3n) is 6.36. The summed E-state index contributed by atoms with van der Waals surface area (Å²) in [7, 11) is 0. The fourth-order valence-electron chi connectivity index (χ4n) is 5.13. The molecule has 1 unspecified atom stereocenters. The van der Waals surface area contributed by atoms with Gasteiger partial charge in [0.25, 0.3) is 11.2 Å². The number of rotatable bonds is 4. The van der Waals surface area contributed by atoms with Crippen LogP contribution < -0.4 is 5.56 Å². The van der Waals surface area contributed by atoms with E-state index in [1.165, 1.54) is 13.0 Å². The number of ketones is 1. The molecule has 1 aromatic carbocycles. The standard InChI is InChI=1S/C21H22N2O4/c1-3-21-10-6-12-22-19(21)15(9-11-21)18(17(13(2)24)20(22)25)14-7-4-5-8-16(14)23(26)27/h4-5,7-8H,3,6,9-12H2,1-2H3. The van der Waals surface area contributed by atoms with Crippen LogP contribution in [0.3, 0.4) is 0 Å². The first-order valence-corrected chi connectivity index (χ1v) is 9.46. The van der Waals surface area contributed by atoms with Gasteiger partial charge >= 0.3 is 0 Å². The van der Waals surface area contributed by atoms with Crippen molar-refractivity contribution in [1.29, 1.82) is 0 Å². The molecule has 2 aliphatic rings. The highest BCUT2D eigenvalue weighted by Gasteiger charge is 2.45. The van der Waals surface area contributed by atoms with Crippen LogP contribution in [0.5, 0.6) is 0 Å². The van der Waals surface area contributed by atoms with Gasteiger partial charge < -0.3 is 4.57 Å². The van der Waals surface area contributed by atoms with Crippen LogP contribution >= 0.6 is 0 Å². The Bertz CT molecular complexity index is 1040. The zero-order valence-corrected chi connectivity index (χ0v) is 15.6. The predicted molar refractivity (Wildman–Crippen MR) is 102 cm³/mol. The average Bonchev–Trinajstić information content (AvgIpc) is 3.05. The maximum atomic E-state index is 13.3. The van der Waals surface area contributed by atoms with Crippen LogP contribution in [0.4, 0.5) is 5.69 Å². The van der Waals surface area contributed by atoms with Crippen LogP contribution in [0.2, 0.25) is 0 Å². The number of para-hydroxylation sites is 1. The van der Waals surface area contributed by atoms with Crippen LogP contribution in [0.1, 0.15) is 61.1 Å². The van der Waals surface area contributed by atoms with Gasteiger partial charge in [0.05, 0.1) is 16.1 Å². The number of nitro groups is 1. The van der Waals surface area contributed by atoms with E-state index in [4.69, 9.17) is 0 Å². The minimum Gasteiger partial charge on any atom is -0.311 e. The van der Waals surface area contributed by atoms with Gasteiger partial charge in [0.1, 0.15) is 0 Å². The number of carbonyl (C=O) groups excluding carboxylic acids is 1. The zero-order chi connectivity index (χ0) is 19.3. The van der Waals surface area contributed by atoms with Crippen molar-refractivity contribution in [2.45, 2.75) is 57.9 Å². The molecular weight excluding hydrogens is 344 g/mol. The van der Waals surface area contributed by atoms with Gasteiger partial charge in [0, 0.05) is 29.3 Å². The Morgan fingerprint density at radius 1 is 1.30 bits per heavy atom. The first-order valence-electron chi connectivity index (χ1n) is 9.46. The molecule has 27 heavy (non-hydrogen) atoms. The van der Waals surface area contributed by atoms with Crippen molar-refractivity contribution in [3.63, 3.8) is 0 Å². The molecule has 1 aliphatic heterocycles. The summed E-state index contributed by atoms with van der Waals surface area (Å²) in [5, 5.41) is 11.6. The molecule has 140 valence electrons. The molecule has 0 bridgehead atoms. The summed E-state index contributed by atoms with van der Waals surface area (Å²) in [6.45, 7) is 4.12. The molecule has 1 aliphatic carbocycles. The van der Waals surface area contributed by atoms with Crippen LogP contribution in [-0.2, 0) is 18.4 Å². The van der Waals surface area contributed by atoms with Crippen molar-refractivity contribution >= 4 is 11.5 Å². The molecule has 2 heterocycles. The number of carbonyl (C=O) groups is 1. The molecule has 1 atom stereocenters. The molecule has 0 amide bonds. The van der Waals surface area contributed by atoms with Crippen LogP contribution in [0.25, 0.3) is 11.1 Å². The lowest BCUT2D eigenvalue weighted by atomic mass is 9.75. The van der Waals surface area contributed by atoms with E-state index in [-0.39, 0.29) is 28.0 Å². The Balaban J connectivity index is 2.17. The highest BCUT2D eigenvalue weighted by molar-refractivity contribution is 6.02. The number of nitrogens with zero attached hydrogens (tertiary/aromatic N) is 2. The second kappa shape index (κ2) is 6.15. The maximum absolute atomic E-state index is 13.3. The van der Waals surface area contributed by atoms with Gasteiger partial charge in [0.2, 0.25) is 0 Å². The molecule has 0 fully saturated rings. The molecular formula is C21H22N2O4. The summed E-state index contributed by atoms with van der Waals surface area (Å²) in [6, 6.07) is 6.42. The van der Waals surface area contributed by atoms with Gasteiger partial charge in [-0.05, 0) is 50.7 Å². The fourth-order valence-corrected chi connectivity index (χ4v) is 5.13. The SMILES string of the molecule is CCC12CCCn3c1c(c(-c1ccccc1[N+](=O)[O-])c(C(C)=O)c3=O)CC2. The predicted octanol–water partition coefficient (Wildman–Crippen LogP) is 4.01. The van der Waals surface area contributed by atoms with Crippen molar-refractivity contribution < 1.29 is 9.72 Å². The van der Waals surface area contributed by atoms with Crippen LogP contribution in [0.15, 0.2) is 29.1 Å². The summed E-state index contributed by atoms with van der Waals surface area (Å²) in [6.07, 6.45) is 4.53. The van der Waals surface area contributed by atoms with Gasteiger partial charge in [0.15, 0.2) is 5.78 Å². The number of aromatic nitrogens is 1. The number of benzene rings is 1. The summed E-state index contributed by atoms with van der Waals surface area (Å²) in [5.74, 6) is -0.334. The van der Waals surface area contributed by atoms with E-state index in [0.717, 1.165) is 43.4 Å². The number of hydrogen-bond acceptors (Lipinski definition) is 4. The Hall–Kier alpha value is -2.76. The first-order chi connectivity index (χ1) is 12.9. The molecule has 0 N–H and O–H groups in total. The molecule has 0 radical (unpaired) electrons. The van der Waals surface area contributed by atoms with Crippen molar-refractivity contribution in [1.82, 2.24) is 4.57 Å². The second-order valence-electron chi connectivity index (χ2n) is 7.60. The topological polar surface area (TPSA) is 82.2 Å². The van der Waals surface area contributed by atoms with Gasteiger partial charge in [-0.25, -0.2) is 0 Å². The van der Waals surface area contributed by atoms with E-state index in [9.17, 15) is 19.7 Å². The summed E-state index contributed by atoms with van der Waals surface area (Å²) in [5.41, 5.74) is 2.51. The highest BCUT2D eigenvalue weighted by Crippen LogP contribution is 2.50. The van der Waals surface area contributed by atoms with E-state index in [1.54, 1.807) is 22.8 Å². The second-order valence-corrected chi connectivity index (χ2v) is 7.60. The fraction of sp³-hybridized carbons (Fsp3) is 0.429. The van der Waals surface area contributed by atoms with Gasteiger partial charge in [-0.15, -0.1) is 0 Å². The van der Waals surface area contributed by atoms with Crippen LogP contribution in [0, 0.1) is 10.1 Å². The molecule has 6 nitrogen and oxygen atoms in total. The van der Waals surface area contributed by atoms with Gasteiger partial charge in [-0.3, -0.25) is 19.7 Å². The third-order valence-corrected chi connectivity index (χ3v) is 6.36. The van der Waals surface area contributed by atoms with E-state index in [0.29, 0.717) is 17.7 Å². The van der Waals surface area contributed by atoms with Gasteiger partial charge in [-0.2, -0.15) is 0 Å². The highest BCUT2D eigenvalue weighted by atomic mass is 16.6. The molecule has 6 heteroatoms. The normalized spacial score (nSPS) is 20.4. The molecule has 0 spiro atoms. The largest absolute Gasteiger partial charge is 0.311 e. The van der Waals surface area contributed by atoms with E-state index >= 15 is 0 Å². The number of pyridine rings is 1. The van der Waals surface area contributed by atoms with E-state index < -0.39 is 4.92 Å². The smallest absolute Gasteiger partial charge is 0.277 e. The molecule has 0 saturated carbocycles. The molecule has 1 aromatic heterocycles. The quantitative estimate of drug-likeness (QED) is 0.465. The summed E-state index contributed by atoms with van der Waals surface area (Å²) < 4.78 is 1.78.